The van der Waals surface area contributed by atoms with Crippen molar-refractivity contribution in [2.75, 3.05) is 12.3 Å². The number of nitrogens with zero attached hydrogens (tertiary/aromatic N) is 1. The molecule has 0 aliphatic rings. The SMILES string of the molecule is Cc1ccc2c(N)c(C(=O)NCC(F)(F)F)sc2n1. The summed E-state index contributed by atoms with van der Waals surface area (Å²) in [5.74, 6) is -0.838. The summed E-state index contributed by atoms with van der Waals surface area (Å²) in [7, 11) is 0. The van der Waals surface area contributed by atoms with Crippen molar-refractivity contribution in [2.24, 2.45) is 0 Å². The molecule has 8 heteroatoms. The minimum Gasteiger partial charge on any atom is -0.397 e. The molecule has 102 valence electrons. The molecule has 0 bridgehead atoms. The zero-order valence-corrected chi connectivity index (χ0v) is 10.7. The standard InChI is InChI=1S/C11H10F3N3OS/c1-5-2-3-6-7(15)8(19-10(6)17-5)9(18)16-4-11(12,13)14/h2-3H,4,15H2,1H3,(H,16,18). The van der Waals surface area contributed by atoms with Gasteiger partial charge in [-0.3, -0.25) is 4.79 Å². The Labute approximate surface area is 110 Å². The fourth-order valence-electron chi connectivity index (χ4n) is 1.52. The first-order valence-corrected chi connectivity index (χ1v) is 6.10. The molecule has 0 aromatic carbocycles. The molecular formula is C11H10F3N3OS. The summed E-state index contributed by atoms with van der Waals surface area (Å²) in [5, 5.41) is 2.37. The highest BCUT2D eigenvalue weighted by atomic mass is 32.1. The highest BCUT2D eigenvalue weighted by Gasteiger charge is 2.29. The molecule has 3 N–H and O–H groups in total. The topological polar surface area (TPSA) is 68.0 Å². The Morgan fingerprint density at radius 3 is 2.79 bits per heavy atom. The van der Waals surface area contributed by atoms with Crippen molar-refractivity contribution < 1.29 is 18.0 Å². The third-order valence-corrected chi connectivity index (χ3v) is 3.50. The Hall–Kier alpha value is -1.83. The van der Waals surface area contributed by atoms with Crippen molar-refractivity contribution in [1.82, 2.24) is 10.3 Å². The fraction of sp³-hybridized carbons (Fsp3) is 0.273. The zero-order valence-electron chi connectivity index (χ0n) is 9.84. The van der Waals surface area contributed by atoms with Crippen LogP contribution < -0.4 is 11.1 Å². The van der Waals surface area contributed by atoms with Crippen molar-refractivity contribution in [3.05, 3.63) is 22.7 Å². The normalized spacial score (nSPS) is 11.8. The molecule has 0 aliphatic heterocycles. The van der Waals surface area contributed by atoms with Crippen LogP contribution in [0, 0.1) is 6.92 Å². The molecule has 0 fully saturated rings. The Bertz CT molecular complexity index is 636. The van der Waals surface area contributed by atoms with Crippen LogP contribution in [0.5, 0.6) is 0 Å². The van der Waals surface area contributed by atoms with Gasteiger partial charge in [0, 0.05) is 11.1 Å². The highest BCUT2D eigenvalue weighted by Crippen LogP contribution is 2.32. The van der Waals surface area contributed by atoms with E-state index in [1.54, 1.807) is 24.4 Å². The molecule has 0 unspecified atom stereocenters. The van der Waals surface area contributed by atoms with E-state index in [9.17, 15) is 18.0 Å². The molecule has 2 rings (SSSR count). The second-order valence-corrected chi connectivity index (χ2v) is 4.95. The van der Waals surface area contributed by atoms with Crippen LogP contribution in [0.1, 0.15) is 15.4 Å². The minimum absolute atomic E-state index is 0.0531. The number of pyridine rings is 1. The van der Waals surface area contributed by atoms with E-state index in [2.05, 4.69) is 4.98 Å². The van der Waals surface area contributed by atoms with Crippen LogP contribution >= 0.6 is 11.3 Å². The second kappa shape index (κ2) is 4.69. The summed E-state index contributed by atoms with van der Waals surface area (Å²) < 4.78 is 36.1. The lowest BCUT2D eigenvalue weighted by molar-refractivity contribution is -0.123. The van der Waals surface area contributed by atoms with Gasteiger partial charge in [0.05, 0.1) is 5.69 Å². The van der Waals surface area contributed by atoms with Crippen molar-refractivity contribution in [2.45, 2.75) is 13.1 Å². The van der Waals surface area contributed by atoms with Crippen molar-refractivity contribution >= 4 is 33.1 Å². The number of hydrogen-bond donors (Lipinski definition) is 2. The number of aryl methyl sites for hydroxylation is 1. The molecule has 0 spiro atoms. The molecule has 0 atom stereocenters. The van der Waals surface area contributed by atoms with E-state index in [1.165, 1.54) is 0 Å². The summed E-state index contributed by atoms with van der Waals surface area (Å²) in [6, 6.07) is 3.42. The van der Waals surface area contributed by atoms with E-state index in [0.717, 1.165) is 17.0 Å². The molecule has 19 heavy (non-hydrogen) atoms. The fourth-order valence-corrected chi connectivity index (χ4v) is 2.57. The van der Waals surface area contributed by atoms with Crippen molar-refractivity contribution in [1.29, 1.82) is 0 Å². The predicted octanol–water partition coefficient (Wildman–Crippen LogP) is 2.48. The van der Waals surface area contributed by atoms with Crippen LogP contribution in [0.2, 0.25) is 0 Å². The van der Waals surface area contributed by atoms with Gasteiger partial charge in [0.1, 0.15) is 16.3 Å². The summed E-state index contributed by atoms with van der Waals surface area (Å²) in [6.07, 6.45) is -4.45. The number of amides is 1. The third-order valence-electron chi connectivity index (χ3n) is 2.39. The molecular weight excluding hydrogens is 279 g/mol. The smallest absolute Gasteiger partial charge is 0.397 e. The molecule has 2 heterocycles. The number of nitrogens with one attached hydrogen (secondary N) is 1. The van der Waals surface area contributed by atoms with Gasteiger partial charge in [0.25, 0.3) is 5.91 Å². The lowest BCUT2D eigenvalue weighted by Crippen LogP contribution is -2.33. The monoisotopic (exact) mass is 289 g/mol. The Morgan fingerprint density at radius 1 is 1.47 bits per heavy atom. The number of nitrogens with two attached hydrogens (primary N) is 1. The second-order valence-electron chi connectivity index (χ2n) is 3.95. The number of carbonyl (C=O) groups excluding carboxylic acids is 1. The van der Waals surface area contributed by atoms with Gasteiger partial charge in [0.15, 0.2) is 0 Å². The van der Waals surface area contributed by atoms with Crippen molar-refractivity contribution in [3.63, 3.8) is 0 Å². The Kier molecular flexibility index (Phi) is 3.36. The molecule has 0 saturated heterocycles. The molecule has 0 saturated carbocycles. The van der Waals surface area contributed by atoms with Gasteiger partial charge in [-0.25, -0.2) is 4.98 Å². The Morgan fingerprint density at radius 2 is 2.16 bits per heavy atom. The van der Waals surface area contributed by atoms with E-state index in [1.807, 2.05) is 0 Å². The van der Waals surface area contributed by atoms with Crippen molar-refractivity contribution in [3.8, 4) is 0 Å². The van der Waals surface area contributed by atoms with E-state index >= 15 is 0 Å². The molecule has 0 aliphatic carbocycles. The Balaban J connectivity index is 2.30. The van der Waals surface area contributed by atoms with E-state index in [-0.39, 0.29) is 10.6 Å². The van der Waals surface area contributed by atoms with Gasteiger partial charge in [-0.1, -0.05) is 0 Å². The van der Waals surface area contributed by atoms with Gasteiger partial charge in [-0.05, 0) is 19.1 Å². The molecule has 4 nitrogen and oxygen atoms in total. The van der Waals surface area contributed by atoms with Crippen LogP contribution in [0.4, 0.5) is 18.9 Å². The number of halogens is 3. The van der Waals surface area contributed by atoms with Crippen LogP contribution in [-0.4, -0.2) is 23.6 Å². The van der Waals surface area contributed by atoms with Crippen LogP contribution in [-0.2, 0) is 0 Å². The summed E-state index contributed by atoms with van der Waals surface area (Å²) >= 11 is 0.981. The number of hydrogen-bond acceptors (Lipinski definition) is 4. The number of anilines is 1. The maximum absolute atomic E-state index is 12.0. The van der Waals surface area contributed by atoms with Gasteiger partial charge < -0.3 is 11.1 Å². The number of rotatable bonds is 2. The van der Waals surface area contributed by atoms with Crippen LogP contribution in [0.3, 0.4) is 0 Å². The molecule has 2 aromatic heterocycles. The molecule has 2 aromatic rings. The quantitative estimate of drug-likeness (QED) is 0.892. The number of thiophene rings is 1. The number of aromatic nitrogens is 1. The summed E-state index contributed by atoms with van der Waals surface area (Å²) in [5.41, 5.74) is 6.66. The first kappa shape index (κ1) is 13.6. The average molecular weight is 289 g/mol. The summed E-state index contributed by atoms with van der Waals surface area (Å²) in [4.78, 5) is 16.4. The van der Waals surface area contributed by atoms with E-state index in [4.69, 9.17) is 5.73 Å². The highest BCUT2D eigenvalue weighted by molar-refractivity contribution is 7.21. The average Bonchev–Trinajstić information content (AvgIpc) is 2.62. The number of fused-ring (bicyclic) bond motifs is 1. The zero-order chi connectivity index (χ0) is 14.2. The van der Waals surface area contributed by atoms with Gasteiger partial charge in [0.2, 0.25) is 0 Å². The first-order valence-electron chi connectivity index (χ1n) is 5.28. The van der Waals surface area contributed by atoms with Crippen LogP contribution in [0.15, 0.2) is 12.1 Å². The van der Waals surface area contributed by atoms with Gasteiger partial charge in [-0.15, -0.1) is 11.3 Å². The van der Waals surface area contributed by atoms with E-state index < -0.39 is 18.6 Å². The maximum atomic E-state index is 12.0. The predicted molar refractivity (Wildman–Crippen MR) is 67.2 cm³/mol. The maximum Gasteiger partial charge on any atom is 0.405 e. The van der Waals surface area contributed by atoms with E-state index in [0.29, 0.717) is 10.2 Å². The largest absolute Gasteiger partial charge is 0.405 e. The number of carbonyl (C=O) groups is 1. The third kappa shape index (κ3) is 2.95. The lowest BCUT2D eigenvalue weighted by atomic mass is 10.2. The van der Waals surface area contributed by atoms with Crippen LogP contribution in [0.25, 0.3) is 10.2 Å². The lowest BCUT2D eigenvalue weighted by Gasteiger charge is -2.07. The first-order chi connectivity index (χ1) is 8.78. The van der Waals surface area contributed by atoms with Gasteiger partial charge in [-0.2, -0.15) is 13.2 Å². The van der Waals surface area contributed by atoms with Gasteiger partial charge >= 0.3 is 6.18 Å². The molecule has 1 amide bonds. The minimum atomic E-state index is -4.45. The number of nitrogen functional groups attached to an aromatic ring is 1. The number of alkyl halides is 3. The summed E-state index contributed by atoms with van der Waals surface area (Å²) in [6.45, 7) is 0.394. The molecule has 0 radical (unpaired) electrons.